The zero-order valence-corrected chi connectivity index (χ0v) is 12.6. The van der Waals surface area contributed by atoms with E-state index in [1.54, 1.807) is 17.5 Å². The summed E-state index contributed by atoms with van der Waals surface area (Å²) in [5, 5.41) is -0.644. The number of pyridine rings is 1. The van der Waals surface area contributed by atoms with Gasteiger partial charge in [0.25, 0.3) is 0 Å². The third-order valence-electron chi connectivity index (χ3n) is 2.80. The van der Waals surface area contributed by atoms with Gasteiger partial charge in [-0.05, 0) is 32.9 Å². The molecular weight excluding hydrogens is 278 g/mol. The van der Waals surface area contributed by atoms with Crippen LogP contribution in [0.25, 0.3) is 5.65 Å². The lowest BCUT2D eigenvalue weighted by atomic mass is 10.4. The Labute approximate surface area is 118 Å². The van der Waals surface area contributed by atoms with Crippen molar-refractivity contribution in [3.8, 4) is 0 Å². The first-order valence-electron chi connectivity index (χ1n) is 6.45. The molecule has 0 radical (unpaired) electrons. The SMILES string of the molecule is CC(C)OCC(C)S(=O)(=O)Nc1cn2ccccc2n1. The Kier molecular flexibility index (Phi) is 4.29. The Hall–Kier alpha value is -1.60. The molecule has 0 amide bonds. The molecule has 0 aliphatic heterocycles. The average Bonchev–Trinajstić information content (AvgIpc) is 2.76. The van der Waals surface area contributed by atoms with Gasteiger partial charge in [0.15, 0.2) is 5.82 Å². The van der Waals surface area contributed by atoms with Crippen molar-refractivity contribution in [3.63, 3.8) is 0 Å². The Morgan fingerprint density at radius 1 is 1.35 bits per heavy atom. The molecule has 0 aliphatic rings. The van der Waals surface area contributed by atoms with Gasteiger partial charge in [0, 0.05) is 6.20 Å². The second-order valence-corrected chi connectivity index (χ2v) is 7.03. The predicted molar refractivity (Wildman–Crippen MR) is 78.3 cm³/mol. The minimum absolute atomic E-state index is 0.00263. The van der Waals surface area contributed by atoms with Crippen LogP contribution in [0.2, 0.25) is 0 Å². The normalized spacial score (nSPS) is 13.8. The second kappa shape index (κ2) is 5.80. The summed E-state index contributed by atoms with van der Waals surface area (Å²) in [6.07, 6.45) is 3.46. The summed E-state index contributed by atoms with van der Waals surface area (Å²) in [7, 11) is -3.51. The van der Waals surface area contributed by atoms with Crippen LogP contribution < -0.4 is 4.72 Å². The Morgan fingerprint density at radius 3 is 2.75 bits per heavy atom. The third kappa shape index (κ3) is 3.49. The lowest BCUT2D eigenvalue weighted by Gasteiger charge is -2.15. The minimum Gasteiger partial charge on any atom is -0.377 e. The van der Waals surface area contributed by atoms with Gasteiger partial charge < -0.3 is 9.14 Å². The minimum atomic E-state index is -3.51. The van der Waals surface area contributed by atoms with Crippen LogP contribution in [-0.4, -0.2) is 35.8 Å². The van der Waals surface area contributed by atoms with E-state index < -0.39 is 15.3 Å². The quantitative estimate of drug-likeness (QED) is 0.883. The van der Waals surface area contributed by atoms with E-state index in [0.717, 1.165) is 0 Å². The molecule has 110 valence electrons. The highest BCUT2D eigenvalue weighted by molar-refractivity contribution is 7.93. The first kappa shape index (κ1) is 14.8. The number of hydrogen-bond donors (Lipinski definition) is 1. The molecule has 1 unspecified atom stereocenters. The van der Waals surface area contributed by atoms with Gasteiger partial charge in [-0.2, -0.15) is 0 Å². The Bertz CT molecular complexity index is 646. The zero-order chi connectivity index (χ0) is 14.8. The maximum atomic E-state index is 12.1. The van der Waals surface area contributed by atoms with Crippen LogP contribution in [0.3, 0.4) is 0 Å². The highest BCUT2D eigenvalue weighted by atomic mass is 32.2. The van der Waals surface area contributed by atoms with Crippen molar-refractivity contribution in [1.82, 2.24) is 9.38 Å². The van der Waals surface area contributed by atoms with E-state index in [1.807, 2.05) is 38.2 Å². The number of aromatic nitrogens is 2. The van der Waals surface area contributed by atoms with Crippen LogP contribution in [0, 0.1) is 0 Å². The molecule has 0 saturated carbocycles. The van der Waals surface area contributed by atoms with E-state index in [2.05, 4.69) is 9.71 Å². The standard InChI is InChI=1S/C13H19N3O3S/c1-10(2)19-9-11(3)20(17,18)15-12-8-16-7-5-4-6-13(16)14-12/h4-8,10-11,15H,9H2,1-3H3. The molecule has 1 atom stereocenters. The molecule has 0 spiro atoms. The fourth-order valence-corrected chi connectivity index (χ4v) is 2.50. The smallest absolute Gasteiger partial charge is 0.238 e. The molecule has 2 heterocycles. The van der Waals surface area contributed by atoms with Crippen molar-refractivity contribution in [3.05, 3.63) is 30.6 Å². The number of imidazole rings is 1. The van der Waals surface area contributed by atoms with Gasteiger partial charge in [-0.25, -0.2) is 13.4 Å². The number of ether oxygens (including phenoxy) is 1. The Morgan fingerprint density at radius 2 is 2.10 bits per heavy atom. The van der Waals surface area contributed by atoms with Crippen LogP contribution in [0.4, 0.5) is 5.82 Å². The van der Waals surface area contributed by atoms with E-state index in [9.17, 15) is 8.42 Å². The zero-order valence-electron chi connectivity index (χ0n) is 11.8. The van der Waals surface area contributed by atoms with Gasteiger partial charge in [0.05, 0.1) is 18.9 Å². The predicted octanol–water partition coefficient (Wildman–Crippen LogP) is 1.89. The van der Waals surface area contributed by atoms with Crippen LogP contribution >= 0.6 is 0 Å². The van der Waals surface area contributed by atoms with Crippen molar-refractivity contribution in [2.24, 2.45) is 0 Å². The molecule has 0 aliphatic carbocycles. The van der Waals surface area contributed by atoms with Gasteiger partial charge >= 0.3 is 0 Å². The lowest BCUT2D eigenvalue weighted by Crippen LogP contribution is -2.30. The molecule has 0 aromatic carbocycles. The summed E-state index contributed by atoms with van der Waals surface area (Å²) in [6.45, 7) is 5.50. The topological polar surface area (TPSA) is 72.7 Å². The summed E-state index contributed by atoms with van der Waals surface area (Å²) < 4.78 is 33.9. The monoisotopic (exact) mass is 297 g/mol. The summed E-state index contributed by atoms with van der Waals surface area (Å²) in [5.41, 5.74) is 0.691. The number of sulfonamides is 1. The molecule has 7 heteroatoms. The van der Waals surface area contributed by atoms with Crippen molar-refractivity contribution in [2.75, 3.05) is 11.3 Å². The number of fused-ring (bicyclic) bond motifs is 1. The van der Waals surface area contributed by atoms with E-state index in [1.165, 1.54) is 0 Å². The average molecular weight is 297 g/mol. The van der Waals surface area contributed by atoms with E-state index in [4.69, 9.17) is 4.74 Å². The number of rotatable bonds is 6. The molecule has 0 saturated heterocycles. The van der Waals surface area contributed by atoms with Crippen molar-refractivity contribution in [2.45, 2.75) is 32.1 Å². The molecule has 6 nitrogen and oxygen atoms in total. The largest absolute Gasteiger partial charge is 0.377 e. The summed E-state index contributed by atoms with van der Waals surface area (Å²) >= 11 is 0. The van der Waals surface area contributed by atoms with Gasteiger partial charge in [-0.3, -0.25) is 4.72 Å². The van der Waals surface area contributed by atoms with Crippen molar-refractivity contribution >= 4 is 21.5 Å². The summed E-state index contributed by atoms with van der Waals surface area (Å²) in [6, 6.07) is 5.51. The molecule has 2 aromatic rings. The number of nitrogens with one attached hydrogen (secondary N) is 1. The van der Waals surface area contributed by atoms with E-state index in [-0.39, 0.29) is 12.7 Å². The van der Waals surface area contributed by atoms with Gasteiger partial charge in [-0.1, -0.05) is 6.07 Å². The van der Waals surface area contributed by atoms with Crippen LogP contribution in [0.1, 0.15) is 20.8 Å². The fourth-order valence-electron chi connectivity index (χ4n) is 1.65. The van der Waals surface area contributed by atoms with E-state index in [0.29, 0.717) is 11.5 Å². The third-order valence-corrected chi connectivity index (χ3v) is 4.49. The highest BCUT2D eigenvalue weighted by Crippen LogP contribution is 2.13. The van der Waals surface area contributed by atoms with Gasteiger partial charge in [0.2, 0.25) is 10.0 Å². The van der Waals surface area contributed by atoms with Crippen LogP contribution in [0.5, 0.6) is 0 Å². The molecule has 0 bridgehead atoms. The molecular formula is C13H19N3O3S. The van der Waals surface area contributed by atoms with Gasteiger partial charge in [-0.15, -0.1) is 0 Å². The summed E-state index contributed by atoms with van der Waals surface area (Å²) in [4.78, 5) is 4.21. The molecule has 1 N–H and O–H groups in total. The molecule has 20 heavy (non-hydrogen) atoms. The first-order valence-corrected chi connectivity index (χ1v) is 8.00. The maximum absolute atomic E-state index is 12.1. The summed E-state index contributed by atoms with van der Waals surface area (Å²) in [5.74, 6) is 0.313. The molecule has 0 fully saturated rings. The first-order chi connectivity index (χ1) is 9.38. The maximum Gasteiger partial charge on any atom is 0.238 e. The number of anilines is 1. The molecule has 2 rings (SSSR count). The highest BCUT2D eigenvalue weighted by Gasteiger charge is 2.22. The fraction of sp³-hybridized carbons (Fsp3) is 0.462. The van der Waals surface area contributed by atoms with Crippen LogP contribution in [0.15, 0.2) is 30.6 Å². The van der Waals surface area contributed by atoms with Crippen molar-refractivity contribution < 1.29 is 13.2 Å². The Balaban J connectivity index is 2.11. The van der Waals surface area contributed by atoms with E-state index >= 15 is 0 Å². The number of hydrogen-bond acceptors (Lipinski definition) is 4. The van der Waals surface area contributed by atoms with Crippen molar-refractivity contribution in [1.29, 1.82) is 0 Å². The lowest BCUT2D eigenvalue weighted by molar-refractivity contribution is 0.0808. The van der Waals surface area contributed by atoms with Gasteiger partial charge in [0.1, 0.15) is 10.9 Å². The number of nitrogens with zero attached hydrogens (tertiary/aromatic N) is 2. The second-order valence-electron chi connectivity index (χ2n) is 4.93. The van der Waals surface area contributed by atoms with Crippen LogP contribution in [-0.2, 0) is 14.8 Å². The molecule has 2 aromatic heterocycles.